The van der Waals surface area contributed by atoms with Gasteiger partial charge < -0.3 is 18.9 Å². The lowest BCUT2D eigenvalue weighted by atomic mass is 10.0. The second kappa shape index (κ2) is 7.02. The molecule has 0 fully saturated rings. The van der Waals surface area contributed by atoms with Gasteiger partial charge in [-0.3, -0.25) is 4.79 Å². The summed E-state index contributed by atoms with van der Waals surface area (Å²) < 4.78 is 12.9. The second-order valence-corrected chi connectivity index (χ2v) is 7.08. The Balaban J connectivity index is 1.89. The van der Waals surface area contributed by atoms with Crippen LogP contribution in [0.15, 0.2) is 12.1 Å². The molecule has 0 aliphatic carbocycles. The average molecular weight is 357 g/mol. The van der Waals surface area contributed by atoms with Crippen LogP contribution in [-0.2, 0) is 20.0 Å². The van der Waals surface area contributed by atoms with Crippen LogP contribution in [0.25, 0.3) is 0 Å². The van der Waals surface area contributed by atoms with Crippen LogP contribution in [-0.4, -0.2) is 41.1 Å². The molecule has 1 aliphatic heterocycles. The van der Waals surface area contributed by atoms with Crippen molar-refractivity contribution < 1.29 is 14.3 Å². The number of ether oxygens (including phenoxy) is 2. The maximum Gasteiger partial charge on any atom is 0.254 e. The van der Waals surface area contributed by atoms with E-state index in [2.05, 4.69) is 25.5 Å². The Morgan fingerprint density at radius 2 is 1.85 bits per heavy atom. The quantitative estimate of drug-likeness (QED) is 0.844. The number of hydrogen-bond acceptors (Lipinski definition) is 4. The molecule has 26 heavy (non-hydrogen) atoms. The summed E-state index contributed by atoms with van der Waals surface area (Å²) in [6.45, 7) is 7.44. The number of amides is 1. The first kappa shape index (κ1) is 18.3. The number of carbonyl (C=O) groups excluding carboxylic acids is 1. The zero-order valence-corrected chi connectivity index (χ0v) is 16.4. The van der Waals surface area contributed by atoms with E-state index in [4.69, 9.17) is 14.5 Å². The lowest BCUT2D eigenvalue weighted by Gasteiger charge is -2.27. The Labute approximate surface area is 154 Å². The Hall–Kier alpha value is -2.50. The van der Waals surface area contributed by atoms with E-state index in [0.717, 1.165) is 23.5 Å². The molecule has 0 unspecified atom stereocenters. The van der Waals surface area contributed by atoms with Gasteiger partial charge in [-0.25, -0.2) is 4.98 Å². The molecule has 6 heteroatoms. The van der Waals surface area contributed by atoms with Crippen LogP contribution in [0, 0.1) is 6.92 Å². The molecule has 0 N–H and O–H groups in total. The number of carbonyl (C=O) groups is 1. The van der Waals surface area contributed by atoms with Crippen molar-refractivity contribution in [2.24, 2.45) is 7.05 Å². The zero-order chi connectivity index (χ0) is 19.0. The zero-order valence-electron chi connectivity index (χ0n) is 16.4. The van der Waals surface area contributed by atoms with Crippen molar-refractivity contribution in [3.05, 3.63) is 40.5 Å². The molecule has 0 spiro atoms. The molecule has 1 aromatic carbocycles. The number of aromatic nitrogens is 2. The van der Waals surface area contributed by atoms with Gasteiger partial charge in [0.15, 0.2) is 11.5 Å². The van der Waals surface area contributed by atoms with Gasteiger partial charge in [-0.15, -0.1) is 0 Å². The van der Waals surface area contributed by atoms with Crippen molar-refractivity contribution in [3.63, 3.8) is 0 Å². The topological polar surface area (TPSA) is 56.6 Å². The number of nitrogens with zero attached hydrogens (tertiary/aromatic N) is 3. The minimum absolute atomic E-state index is 0.00542. The fourth-order valence-electron chi connectivity index (χ4n) is 3.62. The molecule has 140 valence electrons. The predicted molar refractivity (Wildman–Crippen MR) is 100 cm³/mol. The van der Waals surface area contributed by atoms with Crippen molar-refractivity contribution in [3.8, 4) is 11.5 Å². The predicted octanol–water partition coefficient (Wildman–Crippen LogP) is 3.07. The third-order valence-corrected chi connectivity index (χ3v) is 5.05. The van der Waals surface area contributed by atoms with E-state index in [-0.39, 0.29) is 5.91 Å². The third kappa shape index (κ3) is 3.04. The standard InChI is InChI=1S/C20H27N3O3/c1-12(2)19-21-15-11-23(8-7-16(15)22(19)4)20(24)14-10-18(26-6)17(25-5)9-13(14)3/h9-10,12H,7-8,11H2,1-6H3. The van der Waals surface area contributed by atoms with Crippen LogP contribution in [0.2, 0.25) is 0 Å². The minimum atomic E-state index is 0.00542. The summed E-state index contributed by atoms with van der Waals surface area (Å²) >= 11 is 0. The summed E-state index contributed by atoms with van der Waals surface area (Å²) in [6.07, 6.45) is 0.823. The molecule has 0 radical (unpaired) electrons. The first-order valence-corrected chi connectivity index (χ1v) is 8.93. The van der Waals surface area contributed by atoms with Gasteiger partial charge in [-0.05, 0) is 24.6 Å². The highest BCUT2D eigenvalue weighted by Gasteiger charge is 2.28. The highest BCUT2D eigenvalue weighted by atomic mass is 16.5. The van der Waals surface area contributed by atoms with E-state index >= 15 is 0 Å². The van der Waals surface area contributed by atoms with Crippen LogP contribution < -0.4 is 9.47 Å². The molecule has 1 amide bonds. The molecule has 1 aliphatic rings. The van der Waals surface area contributed by atoms with Crippen molar-refractivity contribution in [2.75, 3.05) is 20.8 Å². The summed E-state index contributed by atoms with van der Waals surface area (Å²) in [5.41, 5.74) is 3.77. The molecule has 2 heterocycles. The first-order chi connectivity index (χ1) is 12.4. The van der Waals surface area contributed by atoms with E-state index in [1.54, 1.807) is 20.3 Å². The number of imidazole rings is 1. The summed E-state index contributed by atoms with van der Waals surface area (Å²) in [5, 5.41) is 0. The van der Waals surface area contributed by atoms with Crippen molar-refractivity contribution in [1.82, 2.24) is 14.5 Å². The highest BCUT2D eigenvalue weighted by Crippen LogP contribution is 2.32. The maximum atomic E-state index is 13.1. The largest absolute Gasteiger partial charge is 0.493 e. The van der Waals surface area contributed by atoms with E-state index in [1.165, 1.54) is 5.69 Å². The average Bonchev–Trinajstić information content (AvgIpc) is 2.97. The molecule has 2 aromatic rings. The molecule has 0 saturated heterocycles. The van der Waals surface area contributed by atoms with Gasteiger partial charge in [-0.1, -0.05) is 13.8 Å². The molecule has 0 atom stereocenters. The lowest BCUT2D eigenvalue weighted by Crippen LogP contribution is -2.36. The van der Waals surface area contributed by atoms with E-state index in [0.29, 0.717) is 36.1 Å². The van der Waals surface area contributed by atoms with E-state index < -0.39 is 0 Å². The first-order valence-electron chi connectivity index (χ1n) is 8.93. The summed E-state index contributed by atoms with van der Waals surface area (Å²) in [4.78, 5) is 19.8. The Bertz CT molecular complexity index is 839. The summed E-state index contributed by atoms with van der Waals surface area (Å²) in [6, 6.07) is 3.61. The van der Waals surface area contributed by atoms with Crippen LogP contribution in [0.3, 0.4) is 0 Å². The smallest absolute Gasteiger partial charge is 0.254 e. The number of benzene rings is 1. The molecule has 0 bridgehead atoms. The number of aryl methyl sites for hydroxylation is 1. The number of hydrogen-bond donors (Lipinski definition) is 0. The molecule has 1 aromatic heterocycles. The molecule has 0 saturated carbocycles. The number of fused-ring (bicyclic) bond motifs is 1. The normalized spacial score (nSPS) is 13.7. The van der Waals surface area contributed by atoms with E-state index in [1.807, 2.05) is 17.9 Å². The maximum absolute atomic E-state index is 13.1. The minimum Gasteiger partial charge on any atom is -0.493 e. The van der Waals surface area contributed by atoms with Crippen LogP contribution in [0.5, 0.6) is 11.5 Å². The second-order valence-electron chi connectivity index (χ2n) is 7.08. The highest BCUT2D eigenvalue weighted by molar-refractivity contribution is 5.96. The van der Waals surface area contributed by atoms with Crippen LogP contribution in [0.4, 0.5) is 0 Å². The van der Waals surface area contributed by atoms with Gasteiger partial charge in [0.2, 0.25) is 0 Å². The Kier molecular flexibility index (Phi) is 4.94. The monoisotopic (exact) mass is 357 g/mol. The third-order valence-electron chi connectivity index (χ3n) is 5.05. The SMILES string of the molecule is COc1cc(C)c(C(=O)N2CCc3c(nc(C(C)C)n3C)C2)cc1OC. The summed E-state index contributed by atoms with van der Waals surface area (Å²) in [7, 11) is 5.24. The van der Waals surface area contributed by atoms with Gasteiger partial charge in [0, 0.05) is 37.2 Å². The van der Waals surface area contributed by atoms with Gasteiger partial charge in [-0.2, -0.15) is 0 Å². The lowest BCUT2D eigenvalue weighted by molar-refractivity contribution is 0.0730. The van der Waals surface area contributed by atoms with Gasteiger partial charge in [0.25, 0.3) is 5.91 Å². The van der Waals surface area contributed by atoms with Crippen LogP contribution >= 0.6 is 0 Å². The number of methoxy groups -OCH3 is 2. The molecular weight excluding hydrogens is 330 g/mol. The van der Waals surface area contributed by atoms with Crippen molar-refractivity contribution >= 4 is 5.91 Å². The van der Waals surface area contributed by atoms with Gasteiger partial charge >= 0.3 is 0 Å². The van der Waals surface area contributed by atoms with E-state index in [9.17, 15) is 4.79 Å². The molecule has 3 rings (SSSR count). The molecular formula is C20H27N3O3. The number of rotatable bonds is 4. The van der Waals surface area contributed by atoms with Gasteiger partial charge in [0.05, 0.1) is 26.5 Å². The van der Waals surface area contributed by atoms with Gasteiger partial charge in [0.1, 0.15) is 5.82 Å². The Morgan fingerprint density at radius 3 is 2.46 bits per heavy atom. The van der Waals surface area contributed by atoms with Crippen molar-refractivity contribution in [1.29, 1.82) is 0 Å². The molecule has 6 nitrogen and oxygen atoms in total. The van der Waals surface area contributed by atoms with Crippen molar-refractivity contribution in [2.45, 2.75) is 39.7 Å². The summed E-state index contributed by atoms with van der Waals surface area (Å²) in [5.74, 6) is 2.65. The fraction of sp³-hybridized carbons (Fsp3) is 0.500. The fourth-order valence-corrected chi connectivity index (χ4v) is 3.62. The Morgan fingerprint density at radius 1 is 1.19 bits per heavy atom. The van der Waals surface area contributed by atoms with Crippen LogP contribution in [0.1, 0.15) is 52.9 Å².